The standard InChI is InChI=1S/C12H11BrN2O/c1-8-6-12(15-7-10(8)13)16-11-4-3-5-14-9(11)2/h3-7H,1-2H3. The van der Waals surface area contributed by atoms with Gasteiger partial charge in [0.05, 0.1) is 5.69 Å². The van der Waals surface area contributed by atoms with Crippen molar-refractivity contribution in [2.24, 2.45) is 0 Å². The fraction of sp³-hybridized carbons (Fsp3) is 0.167. The Morgan fingerprint density at radius 2 is 2.06 bits per heavy atom. The van der Waals surface area contributed by atoms with Gasteiger partial charge >= 0.3 is 0 Å². The van der Waals surface area contributed by atoms with Gasteiger partial charge in [-0.3, -0.25) is 4.98 Å². The quantitative estimate of drug-likeness (QED) is 0.841. The van der Waals surface area contributed by atoms with Crippen LogP contribution in [0, 0.1) is 13.8 Å². The molecule has 82 valence electrons. The predicted molar refractivity (Wildman–Crippen MR) is 65.7 cm³/mol. The largest absolute Gasteiger partial charge is 0.437 e. The second-order valence-corrected chi connectivity index (χ2v) is 4.32. The minimum atomic E-state index is 0.580. The minimum absolute atomic E-state index is 0.580. The van der Waals surface area contributed by atoms with Gasteiger partial charge in [0.15, 0.2) is 5.75 Å². The second-order valence-electron chi connectivity index (χ2n) is 3.46. The van der Waals surface area contributed by atoms with E-state index < -0.39 is 0 Å². The normalized spacial score (nSPS) is 10.2. The first kappa shape index (κ1) is 11.1. The average molecular weight is 279 g/mol. The van der Waals surface area contributed by atoms with Gasteiger partial charge in [0.25, 0.3) is 0 Å². The van der Waals surface area contributed by atoms with Gasteiger partial charge in [-0.25, -0.2) is 4.98 Å². The molecule has 0 amide bonds. The number of nitrogens with zero attached hydrogens (tertiary/aromatic N) is 2. The molecule has 3 nitrogen and oxygen atoms in total. The van der Waals surface area contributed by atoms with Crippen molar-refractivity contribution >= 4 is 15.9 Å². The van der Waals surface area contributed by atoms with E-state index in [-0.39, 0.29) is 0 Å². The highest BCUT2D eigenvalue weighted by Crippen LogP contribution is 2.24. The van der Waals surface area contributed by atoms with E-state index in [1.807, 2.05) is 32.0 Å². The first-order valence-electron chi connectivity index (χ1n) is 4.88. The van der Waals surface area contributed by atoms with Crippen molar-refractivity contribution in [3.8, 4) is 11.6 Å². The van der Waals surface area contributed by atoms with E-state index in [2.05, 4.69) is 25.9 Å². The summed E-state index contributed by atoms with van der Waals surface area (Å²) in [5.74, 6) is 1.31. The maximum absolute atomic E-state index is 5.65. The summed E-state index contributed by atoms with van der Waals surface area (Å²) in [6.07, 6.45) is 3.47. The van der Waals surface area contributed by atoms with E-state index in [1.54, 1.807) is 12.4 Å². The van der Waals surface area contributed by atoms with E-state index in [0.29, 0.717) is 5.88 Å². The first-order valence-corrected chi connectivity index (χ1v) is 5.68. The molecule has 0 spiro atoms. The van der Waals surface area contributed by atoms with Gasteiger partial charge in [-0.15, -0.1) is 0 Å². The monoisotopic (exact) mass is 278 g/mol. The number of hydrogen-bond acceptors (Lipinski definition) is 3. The Bertz CT molecular complexity index is 514. The van der Waals surface area contributed by atoms with Crippen LogP contribution in [0.2, 0.25) is 0 Å². The third-order valence-electron chi connectivity index (χ3n) is 2.19. The van der Waals surface area contributed by atoms with Crippen LogP contribution >= 0.6 is 15.9 Å². The minimum Gasteiger partial charge on any atom is -0.437 e. The summed E-state index contributed by atoms with van der Waals surface area (Å²) in [6.45, 7) is 3.90. The number of halogens is 1. The first-order chi connectivity index (χ1) is 7.66. The smallest absolute Gasteiger partial charge is 0.219 e. The highest BCUT2D eigenvalue weighted by Gasteiger charge is 2.04. The van der Waals surface area contributed by atoms with Crippen LogP contribution < -0.4 is 4.74 Å². The van der Waals surface area contributed by atoms with Crippen molar-refractivity contribution in [1.82, 2.24) is 9.97 Å². The van der Waals surface area contributed by atoms with Crippen molar-refractivity contribution in [1.29, 1.82) is 0 Å². The lowest BCUT2D eigenvalue weighted by Gasteiger charge is -2.07. The van der Waals surface area contributed by atoms with E-state index in [9.17, 15) is 0 Å². The molecule has 0 bridgehead atoms. The predicted octanol–water partition coefficient (Wildman–Crippen LogP) is 3.65. The van der Waals surface area contributed by atoms with E-state index >= 15 is 0 Å². The molecule has 0 unspecified atom stereocenters. The molecule has 0 saturated carbocycles. The lowest BCUT2D eigenvalue weighted by atomic mass is 10.3. The molecule has 2 rings (SSSR count). The van der Waals surface area contributed by atoms with Crippen LogP contribution in [0.4, 0.5) is 0 Å². The molecule has 0 aliphatic rings. The summed E-state index contributed by atoms with van der Waals surface area (Å²) in [7, 11) is 0. The van der Waals surface area contributed by atoms with Crippen molar-refractivity contribution in [3.05, 3.63) is 46.3 Å². The van der Waals surface area contributed by atoms with Gasteiger partial charge in [-0.05, 0) is 47.5 Å². The number of rotatable bonds is 2. The van der Waals surface area contributed by atoms with Gasteiger partial charge < -0.3 is 4.74 Å². The zero-order valence-corrected chi connectivity index (χ0v) is 10.7. The van der Waals surface area contributed by atoms with E-state index in [1.165, 1.54) is 0 Å². The molecule has 0 saturated heterocycles. The Hall–Kier alpha value is -1.42. The van der Waals surface area contributed by atoms with Crippen molar-refractivity contribution in [2.75, 3.05) is 0 Å². The number of hydrogen-bond donors (Lipinski definition) is 0. The Balaban J connectivity index is 2.28. The molecule has 2 heterocycles. The average Bonchev–Trinajstić information content (AvgIpc) is 2.27. The zero-order chi connectivity index (χ0) is 11.5. The molecule has 0 aromatic carbocycles. The molecule has 0 N–H and O–H groups in total. The molecule has 4 heteroatoms. The summed E-state index contributed by atoms with van der Waals surface area (Å²) in [4.78, 5) is 8.33. The van der Waals surface area contributed by atoms with E-state index in [4.69, 9.17) is 4.74 Å². The molecule has 2 aromatic heterocycles. The Labute approximate surface area is 103 Å². The molecule has 2 aromatic rings. The maximum atomic E-state index is 5.65. The number of aryl methyl sites for hydroxylation is 2. The summed E-state index contributed by atoms with van der Waals surface area (Å²) in [5, 5.41) is 0. The summed E-state index contributed by atoms with van der Waals surface area (Å²) in [6, 6.07) is 5.60. The second kappa shape index (κ2) is 4.61. The Kier molecular flexibility index (Phi) is 3.19. The van der Waals surface area contributed by atoms with Crippen LogP contribution in [0.15, 0.2) is 35.1 Å². The molecular weight excluding hydrogens is 268 g/mol. The topological polar surface area (TPSA) is 35.0 Å². The molecule has 0 atom stereocenters. The molecule has 0 aliphatic heterocycles. The maximum Gasteiger partial charge on any atom is 0.219 e. The zero-order valence-electron chi connectivity index (χ0n) is 9.07. The summed E-state index contributed by atoms with van der Waals surface area (Å²) < 4.78 is 6.63. The van der Waals surface area contributed by atoms with E-state index in [0.717, 1.165) is 21.5 Å². The van der Waals surface area contributed by atoms with Crippen molar-refractivity contribution in [3.63, 3.8) is 0 Å². The van der Waals surface area contributed by atoms with Crippen molar-refractivity contribution in [2.45, 2.75) is 13.8 Å². The molecule has 0 fully saturated rings. The number of ether oxygens (including phenoxy) is 1. The fourth-order valence-electron chi connectivity index (χ4n) is 1.26. The molecule has 0 radical (unpaired) electrons. The number of aromatic nitrogens is 2. The van der Waals surface area contributed by atoms with Gasteiger partial charge in [0, 0.05) is 22.9 Å². The fourth-order valence-corrected chi connectivity index (χ4v) is 1.48. The highest BCUT2D eigenvalue weighted by atomic mass is 79.9. The van der Waals surface area contributed by atoms with Gasteiger partial charge in [-0.1, -0.05) is 0 Å². The SMILES string of the molecule is Cc1cc(Oc2cccnc2C)ncc1Br. The third kappa shape index (κ3) is 2.39. The van der Waals surface area contributed by atoms with Crippen LogP contribution in [0.25, 0.3) is 0 Å². The van der Waals surface area contributed by atoms with Crippen LogP contribution in [0.3, 0.4) is 0 Å². The Morgan fingerprint density at radius 3 is 2.75 bits per heavy atom. The summed E-state index contributed by atoms with van der Waals surface area (Å²) in [5.41, 5.74) is 1.94. The molecule has 16 heavy (non-hydrogen) atoms. The van der Waals surface area contributed by atoms with Crippen LogP contribution in [0.5, 0.6) is 11.6 Å². The van der Waals surface area contributed by atoms with Crippen LogP contribution in [-0.4, -0.2) is 9.97 Å². The van der Waals surface area contributed by atoms with Gasteiger partial charge in [0.1, 0.15) is 0 Å². The Morgan fingerprint density at radius 1 is 1.25 bits per heavy atom. The van der Waals surface area contributed by atoms with Crippen LogP contribution in [0.1, 0.15) is 11.3 Å². The lowest BCUT2D eigenvalue weighted by Crippen LogP contribution is -1.92. The third-order valence-corrected chi connectivity index (χ3v) is 3.02. The molecule has 0 aliphatic carbocycles. The van der Waals surface area contributed by atoms with Gasteiger partial charge in [0.2, 0.25) is 5.88 Å². The number of pyridine rings is 2. The highest BCUT2D eigenvalue weighted by molar-refractivity contribution is 9.10. The molecular formula is C12H11BrN2O. The lowest BCUT2D eigenvalue weighted by molar-refractivity contribution is 0.456. The van der Waals surface area contributed by atoms with Crippen molar-refractivity contribution < 1.29 is 4.74 Å². The van der Waals surface area contributed by atoms with Gasteiger partial charge in [-0.2, -0.15) is 0 Å². The van der Waals surface area contributed by atoms with Crippen LogP contribution in [-0.2, 0) is 0 Å². The summed E-state index contributed by atoms with van der Waals surface area (Å²) >= 11 is 3.40.